The summed E-state index contributed by atoms with van der Waals surface area (Å²) in [5.41, 5.74) is -0.427. The molecule has 1 saturated carbocycles. The van der Waals surface area contributed by atoms with E-state index in [9.17, 15) is 14.4 Å². The Hall–Kier alpha value is -2.77. The number of carbonyl (C=O) groups is 3. The lowest BCUT2D eigenvalue weighted by Crippen LogP contribution is -2.54. The standard InChI is InChI=1S/C19H25N3O5/c1-12-6-4-5-9-19(12)17(24)22(18(25)21-19)11-16(23)20-14-8-7-13(26-2)10-15(14)27-3/h7-8,10,12H,4-6,9,11H2,1-3H3,(H,20,23)(H,21,25). The maximum Gasteiger partial charge on any atom is 0.325 e. The second-order valence-electron chi connectivity index (χ2n) is 7.05. The number of benzene rings is 1. The molecule has 27 heavy (non-hydrogen) atoms. The van der Waals surface area contributed by atoms with E-state index in [1.54, 1.807) is 18.2 Å². The van der Waals surface area contributed by atoms with Crippen LogP contribution in [0.1, 0.15) is 32.6 Å². The molecule has 2 N–H and O–H groups in total. The fraction of sp³-hybridized carbons (Fsp3) is 0.526. The molecule has 1 heterocycles. The Bertz CT molecular complexity index is 766. The molecule has 2 unspecified atom stereocenters. The van der Waals surface area contributed by atoms with Crippen molar-refractivity contribution in [1.29, 1.82) is 0 Å². The van der Waals surface area contributed by atoms with Crippen molar-refractivity contribution in [2.45, 2.75) is 38.1 Å². The average Bonchev–Trinajstić information content (AvgIpc) is 2.89. The van der Waals surface area contributed by atoms with E-state index in [4.69, 9.17) is 9.47 Å². The number of ether oxygens (including phenoxy) is 2. The van der Waals surface area contributed by atoms with Crippen LogP contribution in [-0.2, 0) is 9.59 Å². The van der Waals surface area contributed by atoms with E-state index in [2.05, 4.69) is 10.6 Å². The first-order valence-electron chi connectivity index (χ1n) is 9.07. The molecule has 2 aliphatic rings. The van der Waals surface area contributed by atoms with Crippen LogP contribution in [0, 0.1) is 5.92 Å². The molecule has 1 saturated heterocycles. The van der Waals surface area contributed by atoms with Crippen molar-refractivity contribution in [2.24, 2.45) is 5.92 Å². The monoisotopic (exact) mass is 375 g/mol. The smallest absolute Gasteiger partial charge is 0.325 e. The fourth-order valence-corrected chi connectivity index (χ4v) is 3.87. The molecule has 1 spiro atoms. The summed E-state index contributed by atoms with van der Waals surface area (Å²) in [6.45, 7) is 1.64. The van der Waals surface area contributed by atoms with Gasteiger partial charge in [0, 0.05) is 6.07 Å². The van der Waals surface area contributed by atoms with E-state index in [0.29, 0.717) is 23.6 Å². The second-order valence-corrected chi connectivity index (χ2v) is 7.05. The molecule has 1 aromatic carbocycles. The quantitative estimate of drug-likeness (QED) is 0.769. The van der Waals surface area contributed by atoms with Gasteiger partial charge in [0.15, 0.2) is 0 Å². The Morgan fingerprint density at radius 1 is 1.30 bits per heavy atom. The molecule has 4 amide bonds. The van der Waals surface area contributed by atoms with E-state index in [0.717, 1.165) is 24.2 Å². The van der Waals surface area contributed by atoms with Crippen LogP contribution in [0.15, 0.2) is 18.2 Å². The molecule has 0 bridgehead atoms. The predicted octanol–water partition coefficient (Wildman–Crippen LogP) is 2.14. The maximum atomic E-state index is 12.9. The first kappa shape index (κ1) is 19.0. The van der Waals surface area contributed by atoms with Gasteiger partial charge in [-0.2, -0.15) is 0 Å². The highest BCUT2D eigenvalue weighted by Gasteiger charge is 2.55. The Morgan fingerprint density at radius 3 is 2.74 bits per heavy atom. The normalized spacial score (nSPS) is 24.7. The van der Waals surface area contributed by atoms with Gasteiger partial charge >= 0.3 is 6.03 Å². The third-order valence-electron chi connectivity index (χ3n) is 5.49. The summed E-state index contributed by atoms with van der Waals surface area (Å²) in [7, 11) is 3.02. The molecule has 1 aromatic rings. The van der Waals surface area contributed by atoms with Crippen molar-refractivity contribution in [3.8, 4) is 11.5 Å². The van der Waals surface area contributed by atoms with E-state index in [1.807, 2.05) is 6.92 Å². The van der Waals surface area contributed by atoms with Gasteiger partial charge in [-0.15, -0.1) is 0 Å². The van der Waals surface area contributed by atoms with Crippen LogP contribution in [0.25, 0.3) is 0 Å². The van der Waals surface area contributed by atoms with Crippen LogP contribution < -0.4 is 20.1 Å². The SMILES string of the molecule is COc1ccc(NC(=O)CN2C(=O)NC3(CCCCC3C)C2=O)c(OC)c1. The van der Waals surface area contributed by atoms with Crippen LogP contribution in [0.5, 0.6) is 11.5 Å². The van der Waals surface area contributed by atoms with Crippen molar-refractivity contribution in [2.75, 3.05) is 26.1 Å². The van der Waals surface area contributed by atoms with Gasteiger partial charge in [0.25, 0.3) is 5.91 Å². The molecule has 2 fully saturated rings. The molecular weight excluding hydrogens is 350 g/mol. The lowest BCUT2D eigenvalue weighted by Gasteiger charge is -2.36. The van der Waals surface area contributed by atoms with E-state index >= 15 is 0 Å². The average molecular weight is 375 g/mol. The van der Waals surface area contributed by atoms with Gasteiger partial charge in [0.05, 0.1) is 19.9 Å². The Morgan fingerprint density at radius 2 is 2.07 bits per heavy atom. The topological polar surface area (TPSA) is 97.0 Å². The highest BCUT2D eigenvalue weighted by Crippen LogP contribution is 2.38. The molecule has 0 aromatic heterocycles. The number of urea groups is 1. The predicted molar refractivity (Wildman–Crippen MR) is 98.8 cm³/mol. The highest BCUT2D eigenvalue weighted by molar-refractivity contribution is 6.10. The molecule has 8 nitrogen and oxygen atoms in total. The van der Waals surface area contributed by atoms with Crippen LogP contribution in [0.2, 0.25) is 0 Å². The second kappa shape index (κ2) is 7.46. The lowest BCUT2D eigenvalue weighted by atomic mass is 9.73. The largest absolute Gasteiger partial charge is 0.497 e. The molecule has 2 atom stereocenters. The summed E-state index contributed by atoms with van der Waals surface area (Å²) in [6.07, 6.45) is 3.43. The number of amides is 4. The van der Waals surface area contributed by atoms with Gasteiger partial charge in [0.1, 0.15) is 23.6 Å². The zero-order valence-corrected chi connectivity index (χ0v) is 15.8. The Kier molecular flexibility index (Phi) is 5.25. The molecule has 3 rings (SSSR count). The lowest BCUT2D eigenvalue weighted by molar-refractivity contribution is -0.136. The van der Waals surface area contributed by atoms with E-state index in [1.165, 1.54) is 14.2 Å². The number of carbonyl (C=O) groups excluding carboxylic acids is 3. The fourth-order valence-electron chi connectivity index (χ4n) is 3.87. The summed E-state index contributed by atoms with van der Waals surface area (Å²) in [4.78, 5) is 38.8. The molecule has 1 aliphatic heterocycles. The minimum Gasteiger partial charge on any atom is -0.497 e. The van der Waals surface area contributed by atoms with E-state index in [-0.39, 0.29) is 18.4 Å². The first-order valence-corrected chi connectivity index (χ1v) is 9.07. The van der Waals surface area contributed by atoms with Gasteiger partial charge in [-0.1, -0.05) is 19.8 Å². The van der Waals surface area contributed by atoms with Crippen molar-refractivity contribution in [3.63, 3.8) is 0 Å². The molecule has 1 aliphatic carbocycles. The number of nitrogens with one attached hydrogen (secondary N) is 2. The number of hydrogen-bond donors (Lipinski definition) is 2. The Balaban J connectivity index is 1.71. The van der Waals surface area contributed by atoms with Crippen molar-refractivity contribution < 1.29 is 23.9 Å². The number of imide groups is 1. The molecule has 8 heteroatoms. The summed E-state index contributed by atoms with van der Waals surface area (Å²) in [5.74, 6) is 0.293. The van der Waals surface area contributed by atoms with Gasteiger partial charge < -0.3 is 20.1 Å². The molecular formula is C19H25N3O5. The van der Waals surface area contributed by atoms with Crippen LogP contribution in [0.3, 0.4) is 0 Å². The van der Waals surface area contributed by atoms with Crippen LogP contribution in [-0.4, -0.2) is 49.0 Å². The van der Waals surface area contributed by atoms with Crippen LogP contribution >= 0.6 is 0 Å². The highest BCUT2D eigenvalue weighted by atomic mass is 16.5. The van der Waals surface area contributed by atoms with Crippen molar-refractivity contribution in [1.82, 2.24) is 10.2 Å². The van der Waals surface area contributed by atoms with E-state index < -0.39 is 17.5 Å². The number of anilines is 1. The van der Waals surface area contributed by atoms with Crippen LogP contribution in [0.4, 0.5) is 10.5 Å². The molecule has 0 radical (unpaired) electrons. The minimum absolute atomic E-state index is 0.0532. The Labute approximate surface area is 158 Å². The third kappa shape index (κ3) is 3.43. The third-order valence-corrected chi connectivity index (χ3v) is 5.49. The summed E-state index contributed by atoms with van der Waals surface area (Å²) in [5, 5.41) is 5.53. The van der Waals surface area contributed by atoms with Gasteiger partial charge in [-0.3, -0.25) is 14.5 Å². The van der Waals surface area contributed by atoms with Gasteiger partial charge in [-0.05, 0) is 30.9 Å². The van der Waals surface area contributed by atoms with Gasteiger partial charge in [-0.25, -0.2) is 4.79 Å². The van der Waals surface area contributed by atoms with Gasteiger partial charge in [0.2, 0.25) is 5.91 Å². The summed E-state index contributed by atoms with van der Waals surface area (Å²) in [6, 6.07) is 4.46. The minimum atomic E-state index is -0.868. The summed E-state index contributed by atoms with van der Waals surface area (Å²) >= 11 is 0. The number of nitrogens with zero attached hydrogens (tertiary/aromatic N) is 1. The first-order chi connectivity index (χ1) is 12.9. The zero-order chi connectivity index (χ0) is 19.6. The zero-order valence-electron chi connectivity index (χ0n) is 15.8. The number of hydrogen-bond acceptors (Lipinski definition) is 5. The molecule has 146 valence electrons. The van der Waals surface area contributed by atoms with Crippen molar-refractivity contribution >= 4 is 23.5 Å². The summed E-state index contributed by atoms with van der Waals surface area (Å²) < 4.78 is 10.4. The number of rotatable bonds is 5. The van der Waals surface area contributed by atoms with Crippen molar-refractivity contribution in [3.05, 3.63) is 18.2 Å². The maximum absolute atomic E-state index is 12.9. The number of methoxy groups -OCH3 is 2.